The van der Waals surface area contributed by atoms with E-state index in [-0.39, 0.29) is 28.7 Å². The number of fused-ring (bicyclic) bond motifs is 1. The van der Waals surface area contributed by atoms with Crippen LogP contribution in [0.1, 0.15) is 11.4 Å². The van der Waals surface area contributed by atoms with Crippen molar-refractivity contribution < 1.29 is 26.3 Å². The van der Waals surface area contributed by atoms with Crippen molar-refractivity contribution in [1.29, 1.82) is 0 Å². The highest BCUT2D eigenvalue weighted by molar-refractivity contribution is 5.85. The van der Waals surface area contributed by atoms with Crippen molar-refractivity contribution in [2.24, 2.45) is 0 Å². The molecule has 2 aromatic heterocycles. The second-order valence-electron chi connectivity index (χ2n) is 3.36. The topological polar surface area (TPSA) is 56.2 Å². The number of hydrogen-bond acceptors (Lipinski definition) is 3. The minimum absolute atomic E-state index is 0. The van der Waals surface area contributed by atoms with Crippen molar-refractivity contribution in [1.82, 2.24) is 14.6 Å². The second-order valence-corrected chi connectivity index (χ2v) is 3.36. The molecule has 2 rings (SSSR count). The van der Waals surface area contributed by atoms with Crippen LogP contribution in [0.15, 0.2) is 12.3 Å². The number of nitrogens with two attached hydrogens (primary N) is 1. The highest BCUT2D eigenvalue weighted by Gasteiger charge is 2.40. The summed E-state index contributed by atoms with van der Waals surface area (Å²) < 4.78 is 75.3. The molecule has 2 aromatic rings. The van der Waals surface area contributed by atoms with Crippen molar-refractivity contribution in [3.63, 3.8) is 0 Å². The lowest BCUT2D eigenvalue weighted by Crippen LogP contribution is -2.18. The normalized spacial score (nSPS) is 12.5. The Labute approximate surface area is 107 Å². The number of nitrogen functional groups attached to an aromatic ring is 1. The van der Waals surface area contributed by atoms with Crippen LogP contribution in [-0.4, -0.2) is 14.6 Å². The van der Waals surface area contributed by atoms with Crippen LogP contribution in [-0.2, 0) is 12.4 Å². The minimum atomic E-state index is -5.00. The minimum Gasteiger partial charge on any atom is -0.394 e. The van der Waals surface area contributed by atoms with Crippen molar-refractivity contribution in [2.75, 3.05) is 5.73 Å². The highest BCUT2D eigenvalue weighted by atomic mass is 35.5. The summed E-state index contributed by atoms with van der Waals surface area (Å²) in [5.74, 6) is 0. The molecule has 11 heteroatoms. The number of alkyl halides is 6. The molecule has 0 fully saturated rings. The Balaban J connectivity index is 0.00000180. The Bertz CT molecular complexity index is 602. The van der Waals surface area contributed by atoms with Gasteiger partial charge in [0.2, 0.25) is 0 Å². The standard InChI is InChI=1S/C8H4F6N4.ClH/c9-7(10,11)4-1-5(8(12,13)14)18-6(17-4)3(15)2-16-18;/h1-2H,15H2;1H. The number of nitrogens with zero attached hydrogens (tertiary/aromatic N) is 3. The Kier molecular flexibility index (Phi) is 3.59. The van der Waals surface area contributed by atoms with Gasteiger partial charge in [0.05, 0.1) is 11.9 Å². The highest BCUT2D eigenvalue weighted by Crippen LogP contribution is 2.35. The molecule has 106 valence electrons. The molecule has 0 aliphatic heterocycles. The van der Waals surface area contributed by atoms with Gasteiger partial charge in [-0.15, -0.1) is 12.4 Å². The van der Waals surface area contributed by atoms with Crippen LogP contribution in [0.2, 0.25) is 0 Å². The van der Waals surface area contributed by atoms with Crippen molar-refractivity contribution in [2.45, 2.75) is 12.4 Å². The van der Waals surface area contributed by atoms with Crippen molar-refractivity contribution in [3.8, 4) is 0 Å². The number of hydrogen-bond donors (Lipinski definition) is 1. The first-order valence-corrected chi connectivity index (χ1v) is 4.39. The Morgan fingerprint density at radius 1 is 1.05 bits per heavy atom. The SMILES string of the molecule is Cl.Nc1cnn2c(C(F)(F)F)cc(C(F)(F)F)nc12. The van der Waals surface area contributed by atoms with Crippen LogP contribution in [0.5, 0.6) is 0 Å². The molecule has 0 spiro atoms. The Morgan fingerprint density at radius 2 is 1.63 bits per heavy atom. The Hall–Kier alpha value is -1.71. The van der Waals surface area contributed by atoms with E-state index in [0.29, 0.717) is 0 Å². The first kappa shape index (κ1) is 15.3. The molecule has 0 radical (unpaired) electrons. The summed E-state index contributed by atoms with van der Waals surface area (Å²) in [7, 11) is 0. The maximum atomic E-state index is 12.6. The van der Waals surface area contributed by atoms with Gasteiger partial charge >= 0.3 is 12.4 Å². The third kappa shape index (κ3) is 2.67. The van der Waals surface area contributed by atoms with Gasteiger partial charge in [-0.2, -0.15) is 31.4 Å². The lowest BCUT2D eigenvalue weighted by atomic mass is 10.3. The fourth-order valence-corrected chi connectivity index (χ4v) is 1.33. The monoisotopic (exact) mass is 306 g/mol. The summed E-state index contributed by atoms with van der Waals surface area (Å²) in [5, 5.41) is 3.25. The third-order valence-electron chi connectivity index (χ3n) is 2.08. The van der Waals surface area contributed by atoms with Gasteiger partial charge in [-0.3, -0.25) is 0 Å². The van der Waals surface area contributed by atoms with Gasteiger partial charge in [-0.25, -0.2) is 9.50 Å². The van der Waals surface area contributed by atoms with E-state index in [4.69, 9.17) is 5.73 Å². The number of rotatable bonds is 0. The molecule has 0 aliphatic carbocycles. The van der Waals surface area contributed by atoms with Gasteiger partial charge in [0.25, 0.3) is 0 Å². The number of halogens is 7. The smallest absolute Gasteiger partial charge is 0.394 e. The van der Waals surface area contributed by atoms with Gasteiger partial charge in [0.1, 0.15) is 5.69 Å². The van der Waals surface area contributed by atoms with Crippen LogP contribution < -0.4 is 5.73 Å². The predicted molar refractivity (Wildman–Crippen MR) is 54.7 cm³/mol. The van der Waals surface area contributed by atoms with Gasteiger partial charge in [0.15, 0.2) is 11.3 Å². The van der Waals surface area contributed by atoms with Crippen molar-refractivity contribution >= 4 is 23.7 Å². The second kappa shape index (κ2) is 4.44. The maximum absolute atomic E-state index is 12.6. The molecule has 4 nitrogen and oxygen atoms in total. The average Bonchev–Trinajstić information content (AvgIpc) is 2.56. The Morgan fingerprint density at radius 3 is 2.11 bits per heavy atom. The van der Waals surface area contributed by atoms with E-state index in [2.05, 4.69) is 10.1 Å². The van der Waals surface area contributed by atoms with Gasteiger partial charge < -0.3 is 5.73 Å². The zero-order chi connectivity index (χ0) is 13.7. The summed E-state index contributed by atoms with van der Waals surface area (Å²) in [6, 6.07) is -0.112. The molecule has 0 saturated carbocycles. The first-order chi connectivity index (χ1) is 8.10. The molecule has 0 bridgehead atoms. The molecule has 19 heavy (non-hydrogen) atoms. The zero-order valence-corrected chi connectivity index (χ0v) is 9.57. The fraction of sp³-hybridized carbons (Fsp3) is 0.250. The van der Waals surface area contributed by atoms with Crippen LogP contribution in [0, 0.1) is 0 Å². The summed E-state index contributed by atoms with van der Waals surface area (Å²) in [6.07, 6.45) is -9.20. The molecular formula is C8H5ClF6N4. The molecule has 0 aromatic carbocycles. The quantitative estimate of drug-likeness (QED) is 0.761. The van der Waals surface area contributed by atoms with E-state index in [1.807, 2.05) is 0 Å². The van der Waals surface area contributed by atoms with Gasteiger partial charge in [-0.1, -0.05) is 0 Å². The molecule has 0 amide bonds. The summed E-state index contributed by atoms with van der Waals surface area (Å²) in [5.41, 5.74) is 0.910. The summed E-state index contributed by atoms with van der Waals surface area (Å²) in [4.78, 5) is 3.03. The van der Waals surface area contributed by atoms with Crippen LogP contribution in [0.25, 0.3) is 5.65 Å². The lowest BCUT2D eigenvalue weighted by Gasteiger charge is -2.12. The fourth-order valence-electron chi connectivity index (χ4n) is 1.33. The molecule has 2 heterocycles. The average molecular weight is 307 g/mol. The molecule has 0 saturated heterocycles. The van der Waals surface area contributed by atoms with Crippen molar-refractivity contribution in [3.05, 3.63) is 23.7 Å². The molecular weight excluding hydrogens is 302 g/mol. The van der Waals surface area contributed by atoms with Crippen LogP contribution in [0.3, 0.4) is 0 Å². The van der Waals surface area contributed by atoms with E-state index in [9.17, 15) is 26.3 Å². The van der Waals surface area contributed by atoms with E-state index in [0.717, 1.165) is 6.20 Å². The van der Waals surface area contributed by atoms with Gasteiger partial charge in [-0.05, 0) is 6.07 Å². The van der Waals surface area contributed by atoms with E-state index >= 15 is 0 Å². The molecule has 0 unspecified atom stereocenters. The third-order valence-corrected chi connectivity index (χ3v) is 2.08. The predicted octanol–water partition coefficient (Wildman–Crippen LogP) is 2.77. The largest absolute Gasteiger partial charge is 0.433 e. The molecule has 0 aliphatic rings. The van der Waals surface area contributed by atoms with Crippen LogP contribution in [0.4, 0.5) is 32.0 Å². The lowest BCUT2D eigenvalue weighted by molar-refractivity contribution is -0.148. The molecule has 0 atom stereocenters. The number of anilines is 1. The molecule has 2 N–H and O–H groups in total. The summed E-state index contributed by atoms with van der Waals surface area (Å²) in [6.45, 7) is 0. The van der Waals surface area contributed by atoms with Gasteiger partial charge in [0, 0.05) is 0 Å². The van der Waals surface area contributed by atoms with Crippen LogP contribution >= 0.6 is 12.4 Å². The van der Waals surface area contributed by atoms with E-state index in [1.165, 1.54) is 0 Å². The first-order valence-electron chi connectivity index (χ1n) is 4.39. The maximum Gasteiger partial charge on any atom is 0.433 e. The van der Waals surface area contributed by atoms with E-state index < -0.39 is 29.4 Å². The number of aromatic nitrogens is 3. The summed E-state index contributed by atoms with van der Waals surface area (Å²) >= 11 is 0. The van der Waals surface area contributed by atoms with E-state index in [1.54, 1.807) is 0 Å². The zero-order valence-electron chi connectivity index (χ0n) is 8.75.